The quantitative estimate of drug-likeness (QED) is 0.767. The molecule has 3 aromatic rings. The topological polar surface area (TPSA) is 95.7 Å². The first-order chi connectivity index (χ1) is 11.9. The first kappa shape index (κ1) is 16.6. The molecule has 3 rings (SSSR count). The van der Waals surface area contributed by atoms with Gasteiger partial charge in [-0.2, -0.15) is 5.26 Å². The lowest BCUT2D eigenvalue weighted by molar-refractivity contribution is 0.0523. The highest BCUT2D eigenvalue weighted by Gasteiger charge is 2.16. The fraction of sp³-hybridized carbons (Fsp3) is 0.278. The van der Waals surface area contributed by atoms with Crippen LogP contribution in [0.1, 0.15) is 32.0 Å². The third kappa shape index (κ3) is 3.80. The number of imidazole rings is 1. The van der Waals surface area contributed by atoms with E-state index >= 15 is 0 Å². The molecule has 7 nitrogen and oxygen atoms in total. The smallest absolute Gasteiger partial charge is 0.407 e. The number of aromatic amines is 1. The Labute approximate surface area is 145 Å². The van der Waals surface area contributed by atoms with Crippen LogP contribution in [0.2, 0.25) is 0 Å². The largest absolute Gasteiger partial charge is 0.444 e. The molecule has 0 fully saturated rings. The minimum Gasteiger partial charge on any atom is -0.444 e. The number of H-pyrrole nitrogens is 1. The van der Waals surface area contributed by atoms with Crippen LogP contribution in [0.5, 0.6) is 0 Å². The van der Waals surface area contributed by atoms with Gasteiger partial charge in [0.05, 0.1) is 24.0 Å². The Morgan fingerprint density at radius 1 is 1.40 bits per heavy atom. The maximum absolute atomic E-state index is 11.8. The first-order valence-electron chi connectivity index (χ1n) is 7.86. The van der Waals surface area contributed by atoms with Gasteiger partial charge in [0.2, 0.25) is 0 Å². The Balaban J connectivity index is 1.85. The summed E-state index contributed by atoms with van der Waals surface area (Å²) >= 11 is 0. The van der Waals surface area contributed by atoms with E-state index in [1.807, 2.05) is 43.7 Å². The number of nitriles is 1. The number of aromatic nitrogens is 3. The van der Waals surface area contributed by atoms with E-state index in [4.69, 9.17) is 4.74 Å². The fourth-order valence-corrected chi connectivity index (χ4v) is 2.51. The van der Waals surface area contributed by atoms with Gasteiger partial charge >= 0.3 is 6.09 Å². The lowest BCUT2D eigenvalue weighted by Crippen LogP contribution is -2.32. The van der Waals surface area contributed by atoms with Crippen LogP contribution in [0.4, 0.5) is 4.79 Å². The van der Waals surface area contributed by atoms with Crippen LogP contribution in [0, 0.1) is 11.3 Å². The lowest BCUT2D eigenvalue weighted by atomic mass is 10.1. The minimum absolute atomic E-state index is 0.287. The van der Waals surface area contributed by atoms with Crippen molar-refractivity contribution >= 4 is 17.0 Å². The molecular formula is C18H19N5O2. The molecule has 0 spiro atoms. The molecule has 0 aliphatic rings. The number of hydrogen-bond donors (Lipinski definition) is 2. The Hall–Kier alpha value is -3.27. The van der Waals surface area contributed by atoms with E-state index in [-0.39, 0.29) is 6.54 Å². The van der Waals surface area contributed by atoms with E-state index in [9.17, 15) is 10.1 Å². The van der Waals surface area contributed by atoms with Gasteiger partial charge in [-0.1, -0.05) is 0 Å². The van der Waals surface area contributed by atoms with Gasteiger partial charge in [0.1, 0.15) is 11.7 Å². The molecule has 0 atom stereocenters. The summed E-state index contributed by atoms with van der Waals surface area (Å²) in [6.07, 6.45) is 4.70. The molecule has 0 radical (unpaired) electrons. The summed E-state index contributed by atoms with van der Waals surface area (Å²) in [4.78, 5) is 19.0. The van der Waals surface area contributed by atoms with Gasteiger partial charge < -0.3 is 19.6 Å². The Morgan fingerprint density at radius 2 is 2.20 bits per heavy atom. The van der Waals surface area contributed by atoms with E-state index in [1.165, 1.54) is 0 Å². The number of hydrogen-bond acceptors (Lipinski definition) is 4. The summed E-state index contributed by atoms with van der Waals surface area (Å²) in [6.45, 7) is 5.72. The number of alkyl carbamates (subject to hydrolysis) is 1. The number of amides is 1. The van der Waals surface area contributed by atoms with Crippen LogP contribution >= 0.6 is 0 Å². The van der Waals surface area contributed by atoms with E-state index in [0.717, 1.165) is 22.3 Å². The van der Waals surface area contributed by atoms with Crippen molar-refractivity contribution in [3.05, 3.63) is 48.2 Å². The minimum atomic E-state index is -0.543. The molecule has 25 heavy (non-hydrogen) atoms. The number of carbonyl (C=O) groups is 1. The van der Waals surface area contributed by atoms with Crippen molar-refractivity contribution in [1.29, 1.82) is 5.26 Å². The van der Waals surface area contributed by atoms with Gasteiger partial charge in [0.25, 0.3) is 0 Å². The van der Waals surface area contributed by atoms with Crippen molar-refractivity contribution in [1.82, 2.24) is 19.9 Å². The average Bonchev–Trinajstić information content (AvgIpc) is 3.19. The molecule has 0 unspecified atom stereocenters. The predicted octanol–water partition coefficient (Wildman–Crippen LogP) is 3.25. The second-order valence-electron chi connectivity index (χ2n) is 6.69. The summed E-state index contributed by atoms with van der Waals surface area (Å²) in [7, 11) is 0. The van der Waals surface area contributed by atoms with Gasteiger partial charge in [-0.25, -0.2) is 9.78 Å². The molecule has 128 valence electrons. The monoisotopic (exact) mass is 337 g/mol. The highest BCUT2D eigenvalue weighted by atomic mass is 16.6. The Kier molecular flexibility index (Phi) is 4.19. The summed E-state index contributed by atoms with van der Waals surface area (Å²) in [5.41, 5.74) is 2.38. The van der Waals surface area contributed by atoms with Gasteiger partial charge in [0.15, 0.2) is 0 Å². The number of nitrogens with zero attached hydrogens (tertiary/aromatic N) is 3. The van der Waals surface area contributed by atoms with E-state index in [0.29, 0.717) is 5.56 Å². The maximum Gasteiger partial charge on any atom is 0.407 e. The first-order valence-corrected chi connectivity index (χ1v) is 7.86. The average molecular weight is 337 g/mol. The predicted molar refractivity (Wildman–Crippen MR) is 93.2 cm³/mol. The molecule has 2 N–H and O–H groups in total. The van der Waals surface area contributed by atoms with Crippen LogP contribution in [-0.2, 0) is 11.3 Å². The standard InChI is InChI=1S/C18H19N5O2/c1-18(2,3)25-17(24)21-10-14-6-12-7-15(23-5-4-20-11-23)8-13(9-19)16(12)22-14/h4-8,11,22H,10H2,1-3H3,(H,21,24). The molecule has 7 heteroatoms. The van der Waals surface area contributed by atoms with Crippen LogP contribution in [0.25, 0.3) is 16.6 Å². The van der Waals surface area contributed by atoms with Crippen molar-refractivity contribution in [3.8, 4) is 11.8 Å². The second-order valence-corrected chi connectivity index (χ2v) is 6.69. The van der Waals surface area contributed by atoms with Crippen LogP contribution in [-0.4, -0.2) is 26.2 Å². The van der Waals surface area contributed by atoms with Crippen LogP contribution < -0.4 is 5.32 Å². The molecule has 0 aliphatic heterocycles. The van der Waals surface area contributed by atoms with E-state index in [1.54, 1.807) is 18.6 Å². The molecule has 0 bridgehead atoms. The summed E-state index contributed by atoms with van der Waals surface area (Å²) in [5.74, 6) is 0. The van der Waals surface area contributed by atoms with Crippen molar-refractivity contribution in [2.75, 3.05) is 0 Å². The zero-order chi connectivity index (χ0) is 18.0. The maximum atomic E-state index is 11.8. The zero-order valence-electron chi connectivity index (χ0n) is 14.3. The number of rotatable bonds is 3. The number of fused-ring (bicyclic) bond motifs is 1. The third-order valence-electron chi connectivity index (χ3n) is 3.51. The van der Waals surface area contributed by atoms with Crippen molar-refractivity contribution in [3.63, 3.8) is 0 Å². The number of benzene rings is 1. The van der Waals surface area contributed by atoms with Gasteiger partial charge in [-0.3, -0.25) is 0 Å². The highest BCUT2D eigenvalue weighted by molar-refractivity contribution is 5.88. The SMILES string of the molecule is CC(C)(C)OC(=O)NCc1cc2cc(-n3ccnc3)cc(C#N)c2[nH]1. The molecule has 1 amide bonds. The van der Waals surface area contributed by atoms with E-state index < -0.39 is 11.7 Å². The summed E-state index contributed by atoms with van der Waals surface area (Å²) in [5, 5.41) is 13.0. The third-order valence-corrected chi connectivity index (χ3v) is 3.51. The normalized spacial score (nSPS) is 11.3. The zero-order valence-corrected chi connectivity index (χ0v) is 14.3. The van der Waals surface area contributed by atoms with Crippen molar-refractivity contribution in [2.24, 2.45) is 0 Å². The molecule has 0 saturated carbocycles. The van der Waals surface area contributed by atoms with Crippen molar-refractivity contribution < 1.29 is 9.53 Å². The van der Waals surface area contributed by atoms with Gasteiger partial charge in [-0.05, 0) is 39.0 Å². The Morgan fingerprint density at radius 3 is 2.84 bits per heavy atom. The summed E-state index contributed by atoms with van der Waals surface area (Å²) in [6, 6.07) is 7.88. The molecular weight excluding hydrogens is 318 g/mol. The molecule has 0 saturated heterocycles. The van der Waals surface area contributed by atoms with Crippen LogP contribution in [0.15, 0.2) is 36.9 Å². The highest BCUT2D eigenvalue weighted by Crippen LogP contribution is 2.23. The van der Waals surface area contributed by atoms with Gasteiger partial charge in [0, 0.05) is 29.2 Å². The molecule has 0 aliphatic carbocycles. The van der Waals surface area contributed by atoms with Crippen molar-refractivity contribution in [2.45, 2.75) is 32.9 Å². The van der Waals surface area contributed by atoms with E-state index in [2.05, 4.69) is 21.4 Å². The molecule has 1 aromatic carbocycles. The fourth-order valence-electron chi connectivity index (χ4n) is 2.51. The van der Waals surface area contributed by atoms with Gasteiger partial charge in [-0.15, -0.1) is 0 Å². The van der Waals surface area contributed by atoms with Crippen LogP contribution in [0.3, 0.4) is 0 Å². The molecule has 2 heterocycles. The number of nitrogens with one attached hydrogen (secondary N) is 2. The molecule has 2 aromatic heterocycles. The lowest BCUT2D eigenvalue weighted by Gasteiger charge is -2.19. The number of ether oxygens (including phenoxy) is 1. The second kappa shape index (κ2) is 6.32. The summed E-state index contributed by atoms with van der Waals surface area (Å²) < 4.78 is 7.06. The Bertz CT molecular complexity index is 942. The number of carbonyl (C=O) groups excluding carboxylic acids is 1.